The number of hydrogen-bond donors (Lipinski definition) is 1. The first kappa shape index (κ1) is 26.9. The Labute approximate surface area is 231 Å². The zero-order chi connectivity index (χ0) is 27.4. The Morgan fingerprint density at radius 3 is 2.31 bits per heavy atom. The van der Waals surface area contributed by atoms with Crippen LogP contribution in [-0.2, 0) is 24.1 Å². The summed E-state index contributed by atoms with van der Waals surface area (Å²) >= 11 is 0. The second kappa shape index (κ2) is 12.0. The standard InChI is InChI=1S/C32H38N2O5/c1-36-28-14-11-21(17-29(28)37-2)16-27-25-19-31(39-4)30(38-3)18-23(25)9-7-15-34(27)20-32(35)33-26-13-12-22-8-5-6-10-24(22)26/h5-6,8,10-11,14,17-19,26-27H,7,9,12-13,15-16,20H2,1-4H3,(H,33,35). The Kier molecular flexibility index (Phi) is 8.27. The van der Waals surface area contributed by atoms with Crippen molar-refractivity contribution in [3.8, 4) is 23.0 Å². The van der Waals surface area contributed by atoms with Crippen molar-refractivity contribution in [2.24, 2.45) is 0 Å². The molecule has 1 heterocycles. The molecule has 1 amide bonds. The minimum atomic E-state index is -0.0259. The summed E-state index contributed by atoms with van der Waals surface area (Å²) in [4.78, 5) is 15.8. The van der Waals surface area contributed by atoms with Gasteiger partial charge in [-0.05, 0) is 90.7 Å². The zero-order valence-corrected chi connectivity index (χ0v) is 23.3. The predicted octanol–water partition coefficient (Wildman–Crippen LogP) is 5.06. The second-order valence-corrected chi connectivity index (χ2v) is 10.2. The molecule has 0 bridgehead atoms. The lowest BCUT2D eigenvalue weighted by atomic mass is 9.92. The minimum absolute atomic E-state index is 0.0259. The van der Waals surface area contributed by atoms with Gasteiger partial charge < -0.3 is 24.3 Å². The van der Waals surface area contributed by atoms with Crippen LogP contribution in [0.25, 0.3) is 0 Å². The number of fused-ring (bicyclic) bond motifs is 2. The van der Waals surface area contributed by atoms with E-state index < -0.39 is 0 Å². The van der Waals surface area contributed by atoms with Crippen molar-refractivity contribution in [3.63, 3.8) is 0 Å². The van der Waals surface area contributed by atoms with Gasteiger partial charge >= 0.3 is 0 Å². The van der Waals surface area contributed by atoms with Crippen molar-refractivity contribution in [3.05, 3.63) is 82.4 Å². The summed E-state index contributed by atoms with van der Waals surface area (Å²) in [5, 5.41) is 3.32. The monoisotopic (exact) mass is 530 g/mol. The van der Waals surface area contributed by atoms with Gasteiger partial charge in [0.15, 0.2) is 23.0 Å². The number of amides is 1. The Bertz CT molecular complexity index is 1320. The molecule has 0 spiro atoms. The van der Waals surface area contributed by atoms with Gasteiger partial charge in [0.2, 0.25) is 5.91 Å². The molecule has 5 rings (SSSR count). The predicted molar refractivity (Wildman–Crippen MR) is 151 cm³/mol. The molecule has 0 saturated carbocycles. The van der Waals surface area contributed by atoms with Gasteiger partial charge in [-0.2, -0.15) is 0 Å². The number of nitrogens with one attached hydrogen (secondary N) is 1. The van der Waals surface area contributed by atoms with Gasteiger partial charge in [0.05, 0.1) is 41.0 Å². The summed E-state index contributed by atoms with van der Waals surface area (Å²) in [6, 6.07) is 18.7. The fourth-order valence-corrected chi connectivity index (χ4v) is 6.08. The number of carbonyl (C=O) groups excluding carboxylic acids is 1. The van der Waals surface area contributed by atoms with Gasteiger partial charge in [-0.15, -0.1) is 0 Å². The summed E-state index contributed by atoms with van der Waals surface area (Å²) in [5.41, 5.74) is 6.07. The molecule has 0 radical (unpaired) electrons. The maximum absolute atomic E-state index is 13.5. The van der Waals surface area contributed by atoms with E-state index in [9.17, 15) is 4.79 Å². The number of nitrogens with zero attached hydrogens (tertiary/aromatic N) is 1. The summed E-state index contributed by atoms with van der Waals surface area (Å²) in [6.07, 6.45) is 4.51. The molecular weight excluding hydrogens is 492 g/mol. The highest BCUT2D eigenvalue weighted by molar-refractivity contribution is 5.79. The lowest BCUT2D eigenvalue weighted by Crippen LogP contribution is -2.41. The smallest absolute Gasteiger partial charge is 0.234 e. The molecule has 3 aromatic rings. The maximum Gasteiger partial charge on any atom is 0.234 e. The summed E-state index contributed by atoms with van der Waals surface area (Å²) in [6.45, 7) is 1.14. The molecular formula is C32H38N2O5. The number of aryl methyl sites for hydroxylation is 2. The highest BCUT2D eigenvalue weighted by atomic mass is 16.5. The first-order valence-corrected chi connectivity index (χ1v) is 13.6. The van der Waals surface area contributed by atoms with Crippen molar-refractivity contribution in [2.45, 2.75) is 44.2 Å². The first-order chi connectivity index (χ1) is 19.0. The minimum Gasteiger partial charge on any atom is -0.493 e. The number of methoxy groups -OCH3 is 4. The van der Waals surface area contributed by atoms with Gasteiger partial charge in [-0.25, -0.2) is 0 Å². The third-order valence-electron chi connectivity index (χ3n) is 8.03. The maximum atomic E-state index is 13.5. The van der Waals surface area contributed by atoms with Gasteiger partial charge in [0, 0.05) is 6.04 Å². The molecule has 7 heteroatoms. The number of carbonyl (C=O) groups is 1. The van der Waals surface area contributed by atoms with Crippen molar-refractivity contribution < 1.29 is 23.7 Å². The van der Waals surface area contributed by atoms with Crippen LogP contribution in [0.1, 0.15) is 52.7 Å². The number of rotatable bonds is 9. The van der Waals surface area contributed by atoms with Gasteiger partial charge in [0.1, 0.15) is 0 Å². The summed E-state index contributed by atoms with van der Waals surface area (Å²) in [7, 11) is 6.62. The molecule has 3 aromatic carbocycles. The lowest BCUT2D eigenvalue weighted by molar-refractivity contribution is -0.123. The molecule has 39 heavy (non-hydrogen) atoms. The third kappa shape index (κ3) is 5.69. The Hall–Kier alpha value is -3.71. The van der Waals surface area contributed by atoms with E-state index in [1.807, 2.05) is 12.1 Å². The molecule has 0 aromatic heterocycles. The highest BCUT2D eigenvalue weighted by Gasteiger charge is 2.31. The molecule has 0 fully saturated rings. The number of hydrogen-bond acceptors (Lipinski definition) is 6. The van der Waals surface area contributed by atoms with E-state index in [1.165, 1.54) is 22.3 Å². The van der Waals surface area contributed by atoms with Crippen LogP contribution in [0.2, 0.25) is 0 Å². The van der Waals surface area contributed by atoms with E-state index in [0.29, 0.717) is 30.2 Å². The van der Waals surface area contributed by atoms with Crippen LogP contribution < -0.4 is 24.3 Å². The summed E-state index contributed by atoms with van der Waals surface area (Å²) in [5.74, 6) is 2.87. The largest absolute Gasteiger partial charge is 0.493 e. The van der Waals surface area contributed by atoms with Crippen LogP contribution in [0.4, 0.5) is 0 Å². The number of ether oxygens (including phenoxy) is 4. The van der Waals surface area contributed by atoms with Crippen molar-refractivity contribution in [1.29, 1.82) is 0 Å². The number of benzene rings is 3. The average molecular weight is 531 g/mol. The molecule has 7 nitrogen and oxygen atoms in total. The summed E-state index contributed by atoms with van der Waals surface area (Å²) < 4.78 is 22.3. The van der Waals surface area contributed by atoms with E-state index in [0.717, 1.165) is 43.5 Å². The van der Waals surface area contributed by atoms with Crippen LogP contribution >= 0.6 is 0 Å². The fourth-order valence-electron chi connectivity index (χ4n) is 6.08. The van der Waals surface area contributed by atoms with Crippen LogP contribution in [-0.4, -0.2) is 52.3 Å². The van der Waals surface area contributed by atoms with Gasteiger partial charge in [-0.3, -0.25) is 9.69 Å². The van der Waals surface area contributed by atoms with E-state index in [1.54, 1.807) is 28.4 Å². The zero-order valence-electron chi connectivity index (χ0n) is 23.3. The van der Waals surface area contributed by atoms with Crippen molar-refractivity contribution in [2.75, 3.05) is 41.5 Å². The average Bonchev–Trinajstić information content (AvgIpc) is 3.29. The van der Waals surface area contributed by atoms with Crippen LogP contribution in [0.5, 0.6) is 23.0 Å². The second-order valence-electron chi connectivity index (χ2n) is 10.2. The Morgan fingerprint density at radius 2 is 1.54 bits per heavy atom. The first-order valence-electron chi connectivity index (χ1n) is 13.6. The molecule has 0 saturated heterocycles. The molecule has 1 aliphatic heterocycles. The molecule has 2 unspecified atom stereocenters. The van der Waals surface area contributed by atoms with Crippen LogP contribution in [0.15, 0.2) is 54.6 Å². The van der Waals surface area contributed by atoms with Crippen molar-refractivity contribution in [1.82, 2.24) is 10.2 Å². The topological polar surface area (TPSA) is 69.3 Å². The fraction of sp³-hybridized carbons (Fsp3) is 0.406. The van der Waals surface area contributed by atoms with E-state index in [-0.39, 0.29) is 18.0 Å². The normalized spacial score (nSPS) is 18.5. The Morgan fingerprint density at radius 1 is 0.821 bits per heavy atom. The lowest BCUT2D eigenvalue weighted by Gasteiger charge is -2.32. The van der Waals surface area contributed by atoms with E-state index in [4.69, 9.17) is 18.9 Å². The Balaban J connectivity index is 1.45. The molecule has 2 aliphatic rings. The third-order valence-corrected chi connectivity index (χ3v) is 8.03. The van der Waals surface area contributed by atoms with Crippen molar-refractivity contribution >= 4 is 5.91 Å². The highest BCUT2D eigenvalue weighted by Crippen LogP contribution is 2.40. The SMILES string of the molecule is COc1ccc(CC2c3cc(OC)c(OC)cc3CCCN2CC(=O)NC2CCc3ccccc32)cc1OC. The van der Waals surface area contributed by atoms with Crippen LogP contribution in [0, 0.1) is 0 Å². The molecule has 1 aliphatic carbocycles. The van der Waals surface area contributed by atoms with E-state index in [2.05, 4.69) is 52.7 Å². The van der Waals surface area contributed by atoms with E-state index >= 15 is 0 Å². The molecule has 206 valence electrons. The van der Waals surface area contributed by atoms with Crippen LogP contribution in [0.3, 0.4) is 0 Å². The molecule has 1 N–H and O–H groups in total. The van der Waals surface area contributed by atoms with Gasteiger partial charge in [0.25, 0.3) is 0 Å². The molecule has 2 atom stereocenters. The quantitative estimate of drug-likeness (QED) is 0.417. The van der Waals surface area contributed by atoms with Gasteiger partial charge in [-0.1, -0.05) is 30.3 Å².